The van der Waals surface area contributed by atoms with Crippen LogP contribution in [0, 0.1) is 0 Å². The van der Waals surface area contributed by atoms with Gasteiger partial charge < -0.3 is 9.84 Å². The van der Waals surface area contributed by atoms with Gasteiger partial charge in [0.25, 0.3) is 0 Å². The highest BCUT2D eigenvalue weighted by molar-refractivity contribution is 5.35. The highest BCUT2D eigenvalue weighted by Gasteiger charge is 2.14. The van der Waals surface area contributed by atoms with E-state index < -0.39 is 6.10 Å². The molecule has 0 spiro atoms. The summed E-state index contributed by atoms with van der Waals surface area (Å²) in [6.07, 6.45) is -0.556. The van der Waals surface area contributed by atoms with Crippen molar-refractivity contribution in [1.82, 2.24) is 4.90 Å². The van der Waals surface area contributed by atoms with Gasteiger partial charge in [-0.3, -0.25) is 4.90 Å². The number of para-hydroxylation sites is 1. The molecule has 106 valence electrons. The van der Waals surface area contributed by atoms with Crippen LogP contribution in [0.3, 0.4) is 0 Å². The maximum Gasteiger partial charge on any atom is 0.124 e. The molecule has 1 atom stereocenters. The molecular formula is C17H21NO2. The summed E-state index contributed by atoms with van der Waals surface area (Å²) in [5.74, 6) is 0.730. The summed E-state index contributed by atoms with van der Waals surface area (Å²) in [6, 6.07) is 17.8. The summed E-state index contributed by atoms with van der Waals surface area (Å²) in [6.45, 7) is 1.38. The summed E-state index contributed by atoms with van der Waals surface area (Å²) >= 11 is 0. The second-order valence-corrected chi connectivity index (χ2v) is 4.94. The van der Waals surface area contributed by atoms with Gasteiger partial charge in [0, 0.05) is 18.7 Å². The smallest absolute Gasteiger partial charge is 0.124 e. The van der Waals surface area contributed by atoms with E-state index in [1.807, 2.05) is 49.5 Å². The molecule has 0 aliphatic rings. The molecule has 3 heteroatoms. The van der Waals surface area contributed by atoms with Crippen molar-refractivity contribution in [1.29, 1.82) is 0 Å². The molecule has 0 bridgehead atoms. The average Bonchev–Trinajstić information content (AvgIpc) is 2.48. The molecule has 0 radical (unpaired) electrons. The van der Waals surface area contributed by atoms with Crippen molar-refractivity contribution in [2.24, 2.45) is 0 Å². The Labute approximate surface area is 120 Å². The Bertz CT molecular complexity index is 528. The molecule has 1 N–H and O–H groups in total. The molecular weight excluding hydrogens is 250 g/mol. The van der Waals surface area contributed by atoms with Crippen LogP contribution in [-0.2, 0) is 6.54 Å². The highest BCUT2D eigenvalue weighted by Crippen LogP contribution is 2.25. The molecule has 0 saturated carbocycles. The first-order valence-corrected chi connectivity index (χ1v) is 6.74. The maximum absolute atomic E-state index is 10.4. The van der Waals surface area contributed by atoms with Crippen molar-refractivity contribution in [3.63, 3.8) is 0 Å². The van der Waals surface area contributed by atoms with Gasteiger partial charge in [-0.2, -0.15) is 0 Å². The standard InChI is InChI=1S/C17H21NO2/c1-18(12-14-8-4-3-5-9-14)13-16(19)15-10-6-7-11-17(15)20-2/h3-11,16,19H,12-13H2,1-2H3. The summed E-state index contributed by atoms with van der Waals surface area (Å²) in [5.41, 5.74) is 2.07. The van der Waals surface area contributed by atoms with Gasteiger partial charge in [0.1, 0.15) is 5.75 Å². The molecule has 0 amide bonds. The van der Waals surface area contributed by atoms with E-state index >= 15 is 0 Å². The Kier molecular flexibility index (Phi) is 5.16. The molecule has 0 aromatic heterocycles. The number of likely N-dealkylation sites (N-methyl/N-ethyl adjacent to an activating group) is 1. The lowest BCUT2D eigenvalue weighted by Gasteiger charge is -2.22. The third kappa shape index (κ3) is 3.83. The summed E-state index contributed by atoms with van der Waals surface area (Å²) in [4.78, 5) is 2.10. The van der Waals surface area contributed by atoms with Crippen LogP contribution in [0.4, 0.5) is 0 Å². The van der Waals surface area contributed by atoms with Crippen LogP contribution in [0.15, 0.2) is 54.6 Å². The van der Waals surface area contributed by atoms with Gasteiger partial charge >= 0.3 is 0 Å². The van der Waals surface area contributed by atoms with E-state index in [9.17, 15) is 5.11 Å². The third-order valence-corrected chi connectivity index (χ3v) is 3.28. The van der Waals surface area contributed by atoms with E-state index in [4.69, 9.17) is 4.74 Å². The summed E-state index contributed by atoms with van der Waals surface area (Å²) < 4.78 is 5.29. The molecule has 0 aliphatic heterocycles. The molecule has 2 rings (SSSR count). The van der Waals surface area contributed by atoms with Crippen LogP contribution in [0.1, 0.15) is 17.2 Å². The first-order chi connectivity index (χ1) is 9.70. The first kappa shape index (κ1) is 14.6. The molecule has 0 fully saturated rings. The van der Waals surface area contributed by atoms with E-state index in [0.29, 0.717) is 6.54 Å². The molecule has 1 unspecified atom stereocenters. The van der Waals surface area contributed by atoms with Crippen molar-refractivity contribution in [2.75, 3.05) is 20.7 Å². The van der Waals surface area contributed by atoms with Gasteiger partial charge in [0.15, 0.2) is 0 Å². The van der Waals surface area contributed by atoms with Crippen molar-refractivity contribution in [2.45, 2.75) is 12.6 Å². The van der Waals surface area contributed by atoms with E-state index in [2.05, 4.69) is 17.0 Å². The average molecular weight is 271 g/mol. The largest absolute Gasteiger partial charge is 0.496 e. The zero-order valence-corrected chi connectivity index (χ0v) is 12.0. The number of benzene rings is 2. The predicted octanol–water partition coefficient (Wildman–Crippen LogP) is 2.86. The molecule has 0 aliphatic carbocycles. The maximum atomic E-state index is 10.4. The monoisotopic (exact) mass is 271 g/mol. The van der Waals surface area contributed by atoms with Gasteiger partial charge in [0.05, 0.1) is 13.2 Å². The van der Waals surface area contributed by atoms with E-state index in [1.165, 1.54) is 5.56 Å². The molecule has 2 aromatic rings. The van der Waals surface area contributed by atoms with Gasteiger partial charge in [-0.05, 0) is 18.7 Å². The van der Waals surface area contributed by atoms with E-state index in [0.717, 1.165) is 17.9 Å². The zero-order valence-electron chi connectivity index (χ0n) is 12.0. The van der Waals surface area contributed by atoms with Gasteiger partial charge in [-0.1, -0.05) is 48.5 Å². The Hall–Kier alpha value is -1.84. The zero-order chi connectivity index (χ0) is 14.4. The van der Waals surface area contributed by atoms with Crippen LogP contribution >= 0.6 is 0 Å². The number of hydrogen-bond donors (Lipinski definition) is 1. The highest BCUT2D eigenvalue weighted by atomic mass is 16.5. The lowest BCUT2D eigenvalue weighted by Crippen LogP contribution is -2.24. The Morgan fingerprint density at radius 1 is 1.05 bits per heavy atom. The minimum absolute atomic E-state index is 0.556. The summed E-state index contributed by atoms with van der Waals surface area (Å²) in [7, 11) is 3.63. The Balaban J connectivity index is 1.98. The van der Waals surface area contributed by atoms with Gasteiger partial charge in [0.2, 0.25) is 0 Å². The van der Waals surface area contributed by atoms with Gasteiger partial charge in [-0.15, -0.1) is 0 Å². The van der Waals surface area contributed by atoms with E-state index in [1.54, 1.807) is 7.11 Å². The van der Waals surface area contributed by atoms with E-state index in [-0.39, 0.29) is 0 Å². The van der Waals surface area contributed by atoms with Gasteiger partial charge in [-0.25, -0.2) is 0 Å². The number of methoxy groups -OCH3 is 1. The number of aliphatic hydroxyl groups is 1. The molecule has 20 heavy (non-hydrogen) atoms. The van der Waals surface area contributed by atoms with Crippen molar-refractivity contribution in [3.8, 4) is 5.75 Å². The first-order valence-electron chi connectivity index (χ1n) is 6.74. The normalized spacial score (nSPS) is 12.4. The number of nitrogens with zero attached hydrogens (tertiary/aromatic N) is 1. The minimum atomic E-state index is -0.556. The lowest BCUT2D eigenvalue weighted by molar-refractivity contribution is 0.121. The third-order valence-electron chi connectivity index (χ3n) is 3.28. The SMILES string of the molecule is COc1ccccc1C(O)CN(C)Cc1ccccc1. The predicted molar refractivity (Wildman–Crippen MR) is 80.7 cm³/mol. The fourth-order valence-corrected chi connectivity index (χ4v) is 2.29. The van der Waals surface area contributed by atoms with Crippen molar-refractivity contribution >= 4 is 0 Å². The van der Waals surface area contributed by atoms with Crippen LogP contribution in [-0.4, -0.2) is 30.7 Å². The number of hydrogen-bond acceptors (Lipinski definition) is 3. The van der Waals surface area contributed by atoms with Crippen molar-refractivity contribution in [3.05, 3.63) is 65.7 Å². The summed E-state index contributed by atoms with van der Waals surface area (Å²) in [5, 5.41) is 10.4. The molecule has 2 aromatic carbocycles. The Morgan fingerprint density at radius 3 is 2.40 bits per heavy atom. The van der Waals surface area contributed by atoms with Crippen LogP contribution < -0.4 is 4.74 Å². The van der Waals surface area contributed by atoms with Crippen LogP contribution in [0.25, 0.3) is 0 Å². The molecule has 3 nitrogen and oxygen atoms in total. The second-order valence-electron chi connectivity index (χ2n) is 4.94. The minimum Gasteiger partial charge on any atom is -0.496 e. The van der Waals surface area contributed by atoms with Crippen LogP contribution in [0.5, 0.6) is 5.75 Å². The number of aliphatic hydroxyl groups excluding tert-OH is 1. The van der Waals surface area contributed by atoms with Crippen molar-refractivity contribution < 1.29 is 9.84 Å². The van der Waals surface area contributed by atoms with Crippen LogP contribution in [0.2, 0.25) is 0 Å². The fourth-order valence-electron chi connectivity index (χ4n) is 2.29. The number of rotatable bonds is 6. The number of ether oxygens (including phenoxy) is 1. The quantitative estimate of drug-likeness (QED) is 0.877. The molecule has 0 heterocycles. The fraction of sp³-hybridized carbons (Fsp3) is 0.294. The molecule has 0 saturated heterocycles. The topological polar surface area (TPSA) is 32.7 Å². The second kappa shape index (κ2) is 7.08. The lowest BCUT2D eigenvalue weighted by atomic mass is 10.1. The Morgan fingerprint density at radius 2 is 1.70 bits per heavy atom.